The number of nitrogens with zero attached hydrogens (tertiary/aromatic N) is 3. The molecule has 3 heterocycles. The number of fused-ring (bicyclic) bond motifs is 1. The van der Waals surface area contributed by atoms with Gasteiger partial charge in [0, 0.05) is 18.9 Å². The van der Waals surface area contributed by atoms with Crippen molar-refractivity contribution in [1.82, 2.24) is 31.3 Å². The summed E-state index contributed by atoms with van der Waals surface area (Å²) in [6.07, 6.45) is 3.60. The van der Waals surface area contributed by atoms with Crippen LogP contribution in [-0.4, -0.2) is 34.4 Å². The predicted octanol–water partition coefficient (Wildman–Crippen LogP) is -0.443. The van der Waals surface area contributed by atoms with Crippen LogP contribution in [-0.2, 0) is 17.9 Å². The van der Waals surface area contributed by atoms with Crippen LogP contribution in [0.5, 0.6) is 0 Å². The number of aromatic nitrogens is 2. The lowest BCUT2D eigenvalue weighted by atomic mass is 10.1. The molecule has 2 aromatic rings. The van der Waals surface area contributed by atoms with Gasteiger partial charge in [0.1, 0.15) is 6.17 Å². The number of nitrogens with one attached hydrogen (secondary N) is 4. The Morgan fingerprint density at radius 1 is 1.29 bits per heavy atom. The van der Waals surface area contributed by atoms with E-state index in [2.05, 4.69) is 43.7 Å². The lowest BCUT2D eigenvalue weighted by Crippen LogP contribution is -2.61. The van der Waals surface area contributed by atoms with E-state index in [4.69, 9.17) is 0 Å². The van der Waals surface area contributed by atoms with Crippen LogP contribution in [0, 0.1) is 5.92 Å². The number of benzene rings is 1. The zero-order valence-corrected chi connectivity index (χ0v) is 13.1. The second-order valence-electron chi connectivity index (χ2n) is 5.93. The summed E-state index contributed by atoms with van der Waals surface area (Å²) in [6.45, 7) is 1.85. The fourth-order valence-corrected chi connectivity index (χ4v) is 2.93. The first kappa shape index (κ1) is 14.9. The molecule has 124 valence electrons. The van der Waals surface area contributed by atoms with Crippen LogP contribution < -0.4 is 21.5 Å². The summed E-state index contributed by atoms with van der Waals surface area (Å²) < 4.78 is 1.88. The molecule has 4 rings (SSSR count). The molecule has 0 radical (unpaired) electrons. The number of amides is 1. The second kappa shape index (κ2) is 6.42. The predicted molar refractivity (Wildman–Crippen MR) is 88.6 cm³/mol. The molecule has 0 aliphatic carbocycles. The molecule has 24 heavy (non-hydrogen) atoms. The Labute approximate surface area is 139 Å². The van der Waals surface area contributed by atoms with E-state index in [1.54, 1.807) is 6.20 Å². The van der Waals surface area contributed by atoms with Gasteiger partial charge in [-0.2, -0.15) is 5.10 Å². The van der Waals surface area contributed by atoms with Gasteiger partial charge in [0.25, 0.3) is 0 Å². The number of hydrazine groups is 1. The second-order valence-corrected chi connectivity index (χ2v) is 5.93. The quantitative estimate of drug-likeness (QED) is 0.611. The highest BCUT2D eigenvalue weighted by molar-refractivity contribution is 6.01. The normalized spacial score (nSPS) is 24.5. The third-order valence-corrected chi connectivity index (χ3v) is 4.17. The number of rotatable bonds is 4. The fraction of sp³-hybridized carbons (Fsp3) is 0.312. The maximum Gasteiger partial charge on any atom is 0.234 e. The van der Waals surface area contributed by atoms with Crippen molar-refractivity contribution in [2.45, 2.75) is 19.3 Å². The van der Waals surface area contributed by atoms with E-state index in [1.165, 1.54) is 5.56 Å². The zero-order chi connectivity index (χ0) is 16.4. The minimum atomic E-state index is -0.110. The summed E-state index contributed by atoms with van der Waals surface area (Å²) >= 11 is 0. The van der Waals surface area contributed by atoms with E-state index in [0.29, 0.717) is 19.0 Å². The Bertz CT molecular complexity index is 756. The number of carbonyl (C=O) groups excluding carboxylic acids is 1. The van der Waals surface area contributed by atoms with Gasteiger partial charge >= 0.3 is 0 Å². The first-order chi connectivity index (χ1) is 11.8. The number of aliphatic imine (C=N–C) groups is 1. The molecule has 0 spiro atoms. The summed E-state index contributed by atoms with van der Waals surface area (Å²) in [6, 6.07) is 10.1. The van der Waals surface area contributed by atoms with Crippen molar-refractivity contribution in [2.24, 2.45) is 10.9 Å². The fourth-order valence-electron chi connectivity index (χ4n) is 2.93. The minimum Gasteiger partial charge on any atom is -0.339 e. The van der Waals surface area contributed by atoms with E-state index in [0.717, 1.165) is 12.1 Å². The van der Waals surface area contributed by atoms with E-state index in [1.807, 2.05) is 29.1 Å². The molecule has 8 nitrogen and oxygen atoms in total. The van der Waals surface area contributed by atoms with Crippen molar-refractivity contribution in [1.29, 1.82) is 0 Å². The Hall–Kier alpha value is -2.71. The molecule has 1 aromatic heterocycles. The van der Waals surface area contributed by atoms with Gasteiger partial charge < -0.3 is 5.32 Å². The topological polar surface area (TPSA) is 95.4 Å². The maximum absolute atomic E-state index is 12.0. The van der Waals surface area contributed by atoms with Crippen LogP contribution >= 0.6 is 0 Å². The van der Waals surface area contributed by atoms with E-state index < -0.39 is 0 Å². The van der Waals surface area contributed by atoms with E-state index in [-0.39, 0.29) is 18.0 Å². The molecular weight excluding hydrogens is 306 g/mol. The summed E-state index contributed by atoms with van der Waals surface area (Å²) in [5.41, 5.74) is 8.27. The maximum atomic E-state index is 12.0. The lowest BCUT2D eigenvalue weighted by Gasteiger charge is -2.27. The SMILES string of the molecule is O=C1NC(=NCc2cccc(Cn3cccn3)c2)NC2NNCC12. The largest absolute Gasteiger partial charge is 0.339 e. The van der Waals surface area contributed by atoms with Gasteiger partial charge in [0.15, 0.2) is 5.96 Å². The van der Waals surface area contributed by atoms with Crippen molar-refractivity contribution in [3.8, 4) is 0 Å². The number of guanidine groups is 1. The molecule has 1 amide bonds. The molecule has 1 aromatic carbocycles. The number of hydrogen-bond donors (Lipinski definition) is 4. The third kappa shape index (κ3) is 3.15. The van der Waals surface area contributed by atoms with Crippen molar-refractivity contribution >= 4 is 11.9 Å². The molecule has 2 aliphatic heterocycles. The standard InChI is InChI=1S/C16H19N7O/c24-15-13-9-18-22-14(13)20-16(21-15)17-8-11-3-1-4-12(7-11)10-23-6-2-5-19-23/h1-7,13-14,18,22H,8-10H2,(H2,17,20,21,24). The average Bonchev–Trinajstić information content (AvgIpc) is 3.25. The van der Waals surface area contributed by atoms with Crippen LogP contribution in [0.2, 0.25) is 0 Å². The first-order valence-corrected chi connectivity index (χ1v) is 7.93. The van der Waals surface area contributed by atoms with E-state index in [9.17, 15) is 4.79 Å². The molecule has 2 unspecified atom stereocenters. The minimum absolute atomic E-state index is 0.0116. The number of hydrogen-bond acceptors (Lipinski definition) is 5. The van der Waals surface area contributed by atoms with E-state index >= 15 is 0 Å². The highest BCUT2D eigenvalue weighted by atomic mass is 16.2. The van der Waals surface area contributed by atoms with Gasteiger partial charge in [-0.15, -0.1) is 0 Å². The van der Waals surface area contributed by atoms with Crippen LogP contribution in [0.25, 0.3) is 0 Å². The summed E-state index contributed by atoms with van der Waals surface area (Å²) in [7, 11) is 0. The molecule has 2 atom stereocenters. The molecule has 0 saturated carbocycles. The highest BCUT2D eigenvalue weighted by Crippen LogP contribution is 2.11. The van der Waals surface area contributed by atoms with Gasteiger partial charge in [0.2, 0.25) is 5.91 Å². The van der Waals surface area contributed by atoms with Crippen molar-refractivity contribution in [3.63, 3.8) is 0 Å². The molecular formula is C16H19N7O. The van der Waals surface area contributed by atoms with Gasteiger partial charge in [-0.3, -0.25) is 20.2 Å². The average molecular weight is 325 g/mol. The zero-order valence-electron chi connectivity index (χ0n) is 13.1. The van der Waals surface area contributed by atoms with Gasteiger partial charge in [-0.25, -0.2) is 10.4 Å². The van der Waals surface area contributed by atoms with Gasteiger partial charge in [-0.05, 0) is 17.2 Å². The van der Waals surface area contributed by atoms with Crippen molar-refractivity contribution in [3.05, 3.63) is 53.9 Å². The van der Waals surface area contributed by atoms with Crippen LogP contribution in [0.4, 0.5) is 0 Å². The Morgan fingerprint density at radius 2 is 2.21 bits per heavy atom. The molecule has 2 fully saturated rings. The number of carbonyl (C=O) groups is 1. The summed E-state index contributed by atoms with van der Waals surface area (Å²) in [5.74, 6) is 0.388. The Balaban J connectivity index is 1.43. The Kier molecular flexibility index (Phi) is 3.97. The first-order valence-electron chi connectivity index (χ1n) is 7.93. The van der Waals surface area contributed by atoms with Crippen LogP contribution in [0.3, 0.4) is 0 Å². The monoisotopic (exact) mass is 325 g/mol. The summed E-state index contributed by atoms with van der Waals surface area (Å²) in [4.78, 5) is 16.5. The molecule has 2 saturated heterocycles. The Morgan fingerprint density at radius 3 is 3.08 bits per heavy atom. The molecule has 0 bridgehead atoms. The summed E-state index contributed by atoms with van der Waals surface area (Å²) in [5, 5.41) is 10.2. The van der Waals surface area contributed by atoms with Gasteiger partial charge in [-0.1, -0.05) is 24.3 Å². The smallest absolute Gasteiger partial charge is 0.234 e. The molecule has 2 aliphatic rings. The van der Waals surface area contributed by atoms with Crippen LogP contribution in [0.15, 0.2) is 47.7 Å². The molecule has 4 N–H and O–H groups in total. The van der Waals surface area contributed by atoms with Crippen molar-refractivity contribution in [2.75, 3.05) is 6.54 Å². The third-order valence-electron chi connectivity index (χ3n) is 4.17. The highest BCUT2D eigenvalue weighted by Gasteiger charge is 2.37. The lowest BCUT2D eigenvalue weighted by molar-refractivity contribution is -0.124. The van der Waals surface area contributed by atoms with Crippen molar-refractivity contribution < 1.29 is 4.79 Å². The van der Waals surface area contributed by atoms with Gasteiger partial charge in [0.05, 0.1) is 19.0 Å². The molecule has 8 heteroatoms. The van der Waals surface area contributed by atoms with Crippen LogP contribution in [0.1, 0.15) is 11.1 Å².